The van der Waals surface area contributed by atoms with Crippen LogP contribution in [0.5, 0.6) is 0 Å². The highest BCUT2D eigenvalue weighted by atomic mass is 35.5. The molecule has 3 rings (SSSR count). The van der Waals surface area contributed by atoms with Crippen LogP contribution in [0.15, 0.2) is 18.2 Å². The molecule has 1 aliphatic carbocycles. The monoisotopic (exact) mass is 318 g/mol. The van der Waals surface area contributed by atoms with Crippen LogP contribution in [0.1, 0.15) is 19.3 Å². The highest BCUT2D eigenvalue weighted by Gasteiger charge is 2.34. The van der Waals surface area contributed by atoms with E-state index in [0.717, 1.165) is 39.0 Å². The lowest BCUT2D eigenvalue weighted by molar-refractivity contribution is 0.0559. The highest BCUT2D eigenvalue weighted by Crippen LogP contribution is 2.32. The molecule has 21 heavy (non-hydrogen) atoms. The van der Waals surface area contributed by atoms with Crippen molar-refractivity contribution in [1.29, 1.82) is 0 Å². The molecule has 2 N–H and O–H groups in total. The Morgan fingerprint density at radius 2 is 2.05 bits per heavy atom. The Morgan fingerprint density at radius 1 is 1.19 bits per heavy atom. The first kappa shape index (κ1) is 16.5. The van der Waals surface area contributed by atoms with Gasteiger partial charge < -0.3 is 15.4 Å². The van der Waals surface area contributed by atoms with Crippen LogP contribution in [0.25, 0.3) is 0 Å². The van der Waals surface area contributed by atoms with Gasteiger partial charge in [-0.25, -0.2) is 8.78 Å². The van der Waals surface area contributed by atoms with Gasteiger partial charge in [-0.1, -0.05) is 6.42 Å². The van der Waals surface area contributed by atoms with Crippen molar-refractivity contribution >= 4 is 18.1 Å². The summed E-state index contributed by atoms with van der Waals surface area (Å²) in [6.07, 6.45) is 3.36. The van der Waals surface area contributed by atoms with Crippen molar-refractivity contribution in [3.63, 3.8) is 0 Å². The first-order chi connectivity index (χ1) is 9.74. The Kier molecular flexibility index (Phi) is 5.79. The maximum atomic E-state index is 13.3. The SMILES string of the molecule is Cl.Fc1ccc(NC2CCCC2C2COCCN2)cc1F. The molecule has 118 valence electrons. The maximum absolute atomic E-state index is 13.3. The molecule has 0 aromatic heterocycles. The lowest BCUT2D eigenvalue weighted by Gasteiger charge is -2.33. The van der Waals surface area contributed by atoms with Crippen LogP contribution in [-0.4, -0.2) is 31.8 Å². The van der Waals surface area contributed by atoms with Gasteiger partial charge in [0.05, 0.1) is 13.2 Å². The van der Waals surface area contributed by atoms with E-state index in [-0.39, 0.29) is 12.4 Å². The molecule has 3 unspecified atom stereocenters. The number of rotatable bonds is 3. The average Bonchev–Trinajstić information content (AvgIpc) is 2.92. The molecule has 2 fully saturated rings. The fraction of sp³-hybridized carbons (Fsp3) is 0.600. The fourth-order valence-corrected chi connectivity index (χ4v) is 3.31. The number of morpholine rings is 1. The first-order valence-electron chi connectivity index (χ1n) is 7.27. The standard InChI is InChI=1S/C15H20F2N2O.ClH/c16-12-5-4-10(8-13(12)17)19-14-3-1-2-11(14)15-9-20-7-6-18-15;/h4-5,8,11,14-15,18-19H,1-3,6-7,9H2;1H. The second-order valence-electron chi connectivity index (χ2n) is 5.61. The molecule has 1 aromatic rings. The van der Waals surface area contributed by atoms with Gasteiger partial charge in [0.2, 0.25) is 0 Å². The number of anilines is 1. The van der Waals surface area contributed by atoms with Crippen LogP contribution in [0.4, 0.5) is 14.5 Å². The molecule has 1 heterocycles. The van der Waals surface area contributed by atoms with Gasteiger partial charge in [0.1, 0.15) is 0 Å². The first-order valence-corrected chi connectivity index (χ1v) is 7.27. The molecule has 1 aromatic carbocycles. The van der Waals surface area contributed by atoms with Gasteiger partial charge in [-0.15, -0.1) is 12.4 Å². The summed E-state index contributed by atoms with van der Waals surface area (Å²) in [6, 6.07) is 4.64. The summed E-state index contributed by atoms with van der Waals surface area (Å²) in [5.74, 6) is -1.13. The predicted octanol–water partition coefficient (Wildman–Crippen LogP) is 2.96. The summed E-state index contributed by atoms with van der Waals surface area (Å²) in [4.78, 5) is 0. The molecule has 0 bridgehead atoms. The predicted molar refractivity (Wildman–Crippen MR) is 81.0 cm³/mol. The minimum absolute atomic E-state index is 0. The van der Waals surface area contributed by atoms with Gasteiger partial charge >= 0.3 is 0 Å². The fourth-order valence-electron chi connectivity index (χ4n) is 3.31. The number of hydrogen-bond acceptors (Lipinski definition) is 3. The summed E-state index contributed by atoms with van der Waals surface area (Å²) in [5, 5.41) is 6.85. The van der Waals surface area contributed by atoms with Gasteiger partial charge in [0.25, 0.3) is 0 Å². The van der Waals surface area contributed by atoms with Gasteiger partial charge in [0.15, 0.2) is 11.6 Å². The van der Waals surface area contributed by atoms with E-state index in [0.29, 0.717) is 23.7 Å². The molecular weight excluding hydrogens is 298 g/mol. The summed E-state index contributed by atoms with van der Waals surface area (Å²) >= 11 is 0. The third kappa shape index (κ3) is 3.84. The molecular formula is C15H21ClF2N2O. The summed E-state index contributed by atoms with van der Waals surface area (Å²) in [6.45, 7) is 2.39. The van der Waals surface area contributed by atoms with E-state index in [2.05, 4.69) is 10.6 Å². The Bertz CT molecular complexity index is 469. The third-order valence-corrected chi connectivity index (χ3v) is 4.31. The van der Waals surface area contributed by atoms with Crippen molar-refractivity contribution in [3.05, 3.63) is 29.8 Å². The van der Waals surface area contributed by atoms with Gasteiger partial charge in [0, 0.05) is 30.4 Å². The van der Waals surface area contributed by atoms with E-state index in [1.807, 2.05) is 0 Å². The van der Waals surface area contributed by atoms with Crippen molar-refractivity contribution in [2.45, 2.75) is 31.3 Å². The van der Waals surface area contributed by atoms with Crippen molar-refractivity contribution in [2.75, 3.05) is 25.1 Å². The zero-order chi connectivity index (χ0) is 13.9. The molecule has 0 amide bonds. The number of nitrogens with one attached hydrogen (secondary N) is 2. The molecule has 3 nitrogen and oxygen atoms in total. The molecule has 2 aliphatic rings. The van der Waals surface area contributed by atoms with Crippen LogP contribution in [0.2, 0.25) is 0 Å². The van der Waals surface area contributed by atoms with Crippen LogP contribution in [0.3, 0.4) is 0 Å². The summed E-state index contributed by atoms with van der Waals surface area (Å²) in [5.41, 5.74) is 0.650. The van der Waals surface area contributed by atoms with Gasteiger partial charge in [-0.05, 0) is 30.9 Å². The quantitative estimate of drug-likeness (QED) is 0.899. The van der Waals surface area contributed by atoms with E-state index >= 15 is 0 Å². The Morgan fingerprint density at radius 3 is 2.76 bits per heavy atom. The van der Waals surface area contributed by atoms with Crippen LogP contribution < -0.4 is 10.6 Å². The van der Waals surface area contributed by atoms with E-state index in [1.165, 1.54) is 12.1 Å². The Labute approximate surface area is 129 Å². The molecule has 3 atom stereocenters. The second-order valence-corrected chi connectivity index (χ2v) is 5.61. The van der Waals surface area contributed by atoms with Crippen molar-refractivity contribution in [2.24, 2.45) is 5.92 Å². The van der Waals surface area contributed by atoms with E-state index in [1.54, 1.807) is 6.07 Å². The number of benzene rings is 1. The maximum Gasteiger partial charge on any atom is 0.160 e. The zero-order valence-corrected chi connectivity index (χ0v) is 12.6. The largest absolute Gasteiger partial charge is 0.382 e. The number of ether oxygens (including phenoxy) is 1. The van der Waals surface area contributed by atoms with Crippen molar-refractivity contribution < 1.29 is 13.5 Å². The Hall–Kier alpha value is -0.910. The third-order valence-electron chi connectivity index (χ3n) is 4.31. The average molecular weight is 319 g/mol. The number of hydrogen-bond donors (Lipinski definition) is 2. The van der Waals surface area contributed by atoms with Crippen molar-refractivity contribution in [3.8, 4) is 0 Å². The van der Waals surface area contributed by atoms with Gasteiger partial charge in [-0.3, -0.25) is 0 Å². The summed E-state index contributed by atoms with van der Waals surface area (Å²) < 4.78 is 31.7. The minimum Gasteiger partial charge on any atom is -0.382 e. The van der Waals surface area contributed by atoms with Crippen molar-refractivity contribution in [1.82, 2.24) is 5.32 Å². The van der Waals surface area contributed by atoms with Gasteiger partial charge in [-0.2, -0.15) is 0 Å². The molecule has 6 heteroatoms. The molecule has 1 aliphatic heterocycles. The molecule has 0 radical (unpaired) electrons. The summed E-state index contributed by atoms with van der Waals surface area (Å²) in [7, 11) is 0. The zero-order valence-electron chi connectivity index (χ0n) is 11.8. The lowest BCUT2D eigenvalue weighted by Crippen LogP contribution is -2.49. The topological polar surface area (TPSA) is 33.3 Å². The minimum atomic E-state index is -0.805. The molecule has 1 saturated heterocycles. The lowest BCUT2D eigenvalue weighted by atomic mass is 9.94. The number of halogens is 3. The normalized spacial score (nSPS) is 29.0. The second kappa shape index (κ2) is 7.38. The highest BCUT2D eigenvalue weighted by molar-refractivity contribution is 5.85. The Balaban J connectivity index is 0.00000161. The van der Waals surface area contributed by atoms with Crippen LogP contribution in [0, 0.1) is 17.6 Å². The molecule has 0 spiro atoms. The van der Waals surface area contributed by atoms with E-state index in [9.17, 15) is 8.78 Å². The van der Waals surface area contributed by atoms with Crippen LogP contribution >= 0.6 is 12.4 Å². The van der Waals surface area contributed by atoms with E-state index < -0.39 is 11.6 Å². The van der Waals surface area contributed by atoms with Crippen LogP contribution in [-0.2, 0) is 4.74 Å². The smallest absolute Gasteiger partial charge is 0.160 e. The van der Waals surface area contributed by atoms with E-state index in [4.69, 9.17) is 4.74 Å². The molecule has 1 saturated carbocycles.